The van der Waals surface area contributed by atoms with Gasteiger partial charge in [0.25, 0.3) is 0 Å². The van der Waals surface area contributed by atoms with Crippen LogP contribution >= 0.6 is 11.6 Å². The predicted octanol–water partition coefficient (Wildman–Crippen LogP) is 2.06. The monoisotopic (exact) mass is 404 g/mol. The molecule has 1 amide bonds. The molecule has 1 aliphatic carbocycles. The maximum Gasteiger partial charge on any atom is 0.229 e. The van der Waals surface area contributed by atoms with E-state index in [1.807, 2.05) is 10.9 Å². The van der Waals surface area contributed by atoms with Crippen LogP contribution in [-0.2, 0) is 4.79 Å². The molecule has 1 aliphatic heterocycles. The molecule has 0 radical (unpaired) electrons. The highest BCUT2D eigenvalue weighted by atomic mass is 35.5. The van der Waals surface area contributed by atoms with Crippen molar-refractivity contribution in [2.45, 2.75) is 44.2 Å². The Labute approximate surface area is 168 Å². The lowest BCUT2D eigenvalue weighted by atomic mass is 10.0. The first kappa shape index (κ1) is 18.9. The maximum absolute atomic E-state index is 11.6. The zero-order valence-corrected chi connectivity index (χ0v) is 16.3. The van der Waals surface area contributed by atoms with Crippen molar-refractivity contribution in [3.63, 3.8) is 0 Å². The number of aromatic nitrogens is 4. The molecule has 0 aromatic carbocycles. The van der Waals surface area contributed by atoms with Crippen LogP contribution in [0.3, 0.4) is 0 Å². The molecule has 0 unspecified atom stereocenters. The molecule has 9 nitrogen and oxygen atoms in total. The number of rotatable bonds is 6. The zero-order chi connectivity index (χ0) is 19.5. The van der Waals surface area contributed by atoms with Crippen LogP contribution in [0.4, 0.5) is 17.5 Å². The number of nitrogens with zero attached hydrogens (tertiary/aromatic N) is 4. The van der Waals surface area contributed by atoms with Gasteiger partial charge in [0, 0.05) is 12.2 Å². The van der Waals surface area contributed by atoms with Crippen molar-refractivity contribution < 1.29 is 4.79 Å². The Morgan fingerprint density at radius 1 is 1.25 bits per heavy atom. The first-order valence-corrected chi connectivity index (χ1v) is 10.1. The molecule has 0 spiro atoms. The minimum absolute atomic E-state index is 0.0552. The normalized spacial score (nSPS) is 22.9. The highest BCUT2D eigenvalue weighted by molar-refractivity contribution is 6.32. The largest absolute Gasteiger partial charge is 0.369 e. The Morgan fingerprint density at radius 2 is 2.07 bits per heavy atom. The van der Waals surface area contributed by atoms with Gasteiger partial charge in [-0.2, -0.15) is 10.1 Å². The molecule has 1 saturated heterocycles. The molecule has 150 valence electrons. The van der Waals surface area contributed by atoms with Gasteiger partial charge in [0.1, 0.15) is 5.02 Å². The molecule has 0 bridgehead atoms. The van der Waals surface area contributed by atoms with Crippen molar-refractivity contribution >= 4 is 35.0 Å². The zero-order valence-electron chi connectivity index (χ0n) is 15.6. The lowest BCUT2D eigenvalue weighted by molar-refractivity contribution is -0.121. The van der Waals surface area contributed by atoms with E-state index in [2.05, 4.69) is 31.0 Å². The molecule has 2 aromatic heterocycles. The third-order valence-electron chi connectivity index (χ3n) is 5.49. The molecule has 4 rings (SSSR count). The lowest BCUT2D eigenvalue weighted by Gasteiger charge is -2.22. The van der Waals surface area contributed by atoms with Crippen LogP contribution in [0.25, 0.3) is 0 Å². The summed E-state index contributed by atoms with van der Waals surface area (Å²) >= 11 is 6.26. The smallest absolute Gasteiger partial charge is 0.229 e. The summed E-state index contributed by atoms with van der Waals surface area (Å²) in [4.78, 5) is 20.4. The Kier molecular flexibility index (Phi) is 5.63. The van der Waals surface area contributed by atoms with Gasteiger partial charge in [-0.3, -0.25) is 9.48 Å². The molecular formula is C18H25ClN8O. The average Bonchev–Trinajstić information content (AvgIpc) is 3.35. The van der Waals surface area contributed by atoms with E-state index in [1.54, 1.807) is 12.4 Å². The highest BCUT2D eigenvalue weighted by Crippen LogP contribution is 2.30. The molecule has 28 heavy (non-hydrogen) atoms. The van der Waals surface area contributed by atoms with E-state index in [0.29, 0.717) is 22.8 Å². The molecule has 2 atom stereocenters. The SMILES string of the molecule is NC(=O)[C@H]1CCC[C@H]1Nc1nc(Nc2cnn(C3CCNCC3)c2)ncc1Cl. The minimum Gasteiger partial charge on any atom is -0.369 e. The first-order valence-electron chi connectivity index (χ1n) is 9.70. The van der Waals surface area contributed by atoms with Gasteiger partial charge in [-0.15, -0.1) is 0 Å². The third kappa shape index (κ3) is 4.20. The number of anilines is 3. The van der Waals surface area contributed by atoms with Crippen molar-refractivity contribution in [3.05, 3.63) is 23.6 Å². The quantitative estimate of drug-likeness (QED) is 0.581. The average molecular weight is 405 g/mol. The second-order valence-electron chi connectivity index (χ2n) is 7.40. The Morgan fingerprint density at radius 3 is 2.86 bits per heavy atom. The van der Waals surface area contributed by atoms with Gasteiger partial charge in [-0.25, -0.2) is 4.98 Å². The fourth-order valence-electron chi connectivity index (χ4n) is 3.98. The van der Waals surface area contributed by atoms with Gasteiger partial charge in [-0.1, -0.05) is 18.0 Å². The van der Waals surface area contributed by atoms with Crippen LogP contribution in [0.15, 0.2) is 18.6 Å². The van der Waals surface area contributed by atoms with E-state index in [0.717, 1.165) is 50.9 Å². The van der Waals surface area contributed by atoms with Gasteiger partial charge in [0.2, 0.25) is 11.9 Å². The summed E-state index contributed by atoms with van der Waals surface area (Å²) in [6.45, 7) is 2.02. The van der Waals surface area contributed by atoms with Crippen LogP contribution in [0.5, 0.6) is 0 Å². The number of nitrogens with two attached hydrogens (primary N) is 1. The van der Waals surface area contributed by atoms with Crippen LogP contribution in [-0.4, -0.2) is 44.8 Å². The number of hydrogen-bond acceptors (Lipinski definition) is 7. The maximum atomic E-state index is 11.6. The van der Waals surface area contributed by atoms with Crippen LogP contribution in [0, 0.1) is 5.92 Å². The summed E-state index contributed by atoms with van der Waals surface area (Å²) in [5.41, 5.74) is 6.33. The second-order valence-corrected chi connectivity index (χ2v) is 7.80. The number of carbonyl (C=O) groups is 1. The lowest BCUT2D eigenvalue weighted by Crippen LogP contribution is -2.34. The van der Waals surface area contributed by atoms with E-state index in [1.165, 1.54) is 0 Å². The van der Waals surface area contributed by atoms with E-state index < -0.39 is 0 Å². The Bertz CT molecular complexity index is 835. The second kappa shape index (κ2) is 8.32. The fraction of sp³-hybridized carbons (Fsp3) is 0.556. The molecule has 2 aliphatic rings. The van der Waals surface area contributed by atoms with Crippen molar-refractivity contribution in [2.24, 2.45) is 11.7 Å². The number of carbonyl (C=O) groups excluding carboxylic acids is 1. The molecule has 5 N–H and O–H groups in total. The number of primary amides is 1. The molecule has 1 saturated carbocycles. The summed E-state index contributed by atoms with van der Waals surface area (Å²) in [7, 11) is 0. The van der Waals surface area contributed by atoms with Crippen molar-refractivity contribution in [1.29, 1.82) is 0 Å². The predicted molar refractivity (Wildman–Crippen MR) is 108 cm³/mol. The summed E-state index contributed by atoms with van der Waals surface area (Å²) < 4.78 is 1.99. The van der Waals surface area contributed by atoms with Crippen LogP contribution < -0.4 is 21.7 Å². The van der Waals surface area contributed by atoms with Gasteiger partial charge in [0.05, 0.1) is 30.0 Å². The van der Waals surface area contributed by atoms with E-state index in [9.17, 15) is 4.79 Å². The third-order valence-corrected chi connectivity index (χ3v) is 5.76. The number of nitrogens with one attached hydrogen (secondary N) is 3. The van der Waals surface area contributed by atoms with Gasteiger partial charge >= 0.3 is 0 Å². The van der Waals surface area contributed by atoms with Crippen LogP contribution in [0.2, 0.25) is 5.02 Å². The van der Waals surface area contributed by atoms with Crippen molar-refractivity contribution in [1.82, 2.24) is 25.1 Å². The van der Waals surface area contributed by atoms with E-state index in [4.69, 9.17) is 17.3 Å². The Balaban J connectivity index is 1.45. The van der Waals surface area contributed by atoms with Gasteiger partial charge < -0.3 is 21.7 Å². The summed E-state index contributed by atoms with van der Waals surface area (Å²) in [6.07, 6.45) is 10.0. The summed E-state index contributed by atoms with van der Waals surface area (Å²) in [5.74, 6) is 0.433. The number of piperidine rings is 1. The molecule has 10 heteroatoms. The minimum atomic E-state index is -0.288. The number of halogens is 1. The van der Waals surface area contributed by atoms with Gasteiger partial charge in [0.15, 0.2) is 5.82 Å². The first-order chi connectivity index (χ1) is 13.6. The van der Waals surface area contributed by atoms with Crippen molar-refractivity contribution in [3.8, 4) is 0 Å². The number of hydrogen-bond donors (Lipinski definition) is 4. The van der Waals surface area contributed by atoms with E-state index in [-0.39, 0.29) is 17.9 Å². The molecular weight excluding hydrogens is 380 g/mol. The molecule has 3 heterocycles. The molecule has 2 fully saturated rings. The highest BCUT2D eigenvalue weighted by Gasteiger charge is 2.32. The molecule has 2 aromatic rings. The topological polar surface area (TPSA) is 123 Å². The summed E-state index contributed by atoms with van der Waals surface area (Å²) in [6, 6.07) is 0.355. The van der Waals surface area contributed by atoms with Crippen LogP contribution in [0.1, 0.15) is 38.1 Å². The summed E-state index contributed by atoms with van der Waals surface area (Å²) in [5, 5.41) is 14.7. The standard InChI is InChI=1S/C18H25ClN8O/c19-14-9-22-18(26-17(14)25-15-3-1-2-13(15)16(20)28)24-11-8-23-27(10-11)12-4-6-21-7-5-12/h8-10,12-13,15,21H,1-7H2,(H2,20,28)(H2,22,24,25,26)/t13-,15+/m0/s1. The van der Waals surface area contributed by atoms with E-state index >= 15 is 0 Å². The Hall–Kier alpha value is -2.39. The number of amides is 1. The van der Waals surface area contributed by atoms with Gasteiger partial charge in [-0.05, 0) is 38.8 Å². The fourth-order valence-corrected chi connectivity index (χ4v) is 4.13. The van der Waals surface area contributed by atoms with Crippen molar-refractivity contribution in [2.75, 3.05) is 23.7 Å².